The van der Waals surface area contributed by atoms with Gasteiger partial charge in [-0.15, -0.1) is 0 Å². The zero-order valence-electron chi connectivity index (χ0n) is 11.5. The van der Waals surface area contributed by atoms with Crippen molar-refractivity contribution in [2.75, 3.05) is 13.7 Å². The average Bonchev–Trinajstić information content (AvgIpc) is 2.41. The summed E-state index contributed by atoms with van der Waals surface area (Å²) < 4.78 is 32.5. The third-order valence-corrected chi connectivity index (χ3v) is 4.74. The lowest BCUT2D eigenvalue weighted by Gasteiger charge is -2.23. The molecule has 1 aromatic carbocycles. The Hall–Kier alpha value is -1.60. The van der Waals surface area contributed by atoms with Gasteiger partial charge in [0.1, 0.15) is 10.6 Å². The van der Waals surface area contributed by atoms with Gasteiger partial charge in [-0.1, -0.05) is 6.07 Å². The minimum atomic E-state index is -3.67. The molecule has 0 spiro atoms. The van der Waals surface area contributed by atoms with Gasteiger partial charge >= 0.3 is 0 Å². The van der Waals surface area contributed by atoms with Crippen LogP contribution in [0.3, 0.4) is 0 Å². The molecule has 1 amide bonds. The maximum Gasteiger partial charge on any atom is 0.244 e. The van der Waals surface area contributed by atoms with Gasteiger partial charge in [0.25, 0.3) is 0 Å². The van der Waals surface area contributed by atoms with Crippen LogP contribution in [0.15, 0.2) is 23.1 Å². The molecule has 1 aromatic rings. The molecule has 1 aliphatic heterocycles. The quantitative estimate of drug-likeness (QED) is 0.850. The molecule has 0 saturated carbocycles. The first-order valence-corrected chi connectivity index (χ1v) is 7.84. The first kappa shape index (κ1) is 14.8. The summed E-state index contributed by atoms with van der Waals surface area (Å²) in [5.74, 6) is 0.261. The number of nitrogens with one attached hydrogen (secondary N) is 2. The van der Waals surface area contributed by atoms with E-state index in [4.69, 9.17) is 4.74 Å². The zero-order valence-corrected chi connectivity index (χ0v) is 12.3. The maximum absolute atomic E-state index is 12.4. The van der Waals surface area contributed by atoms with E-state index in [1.54, 1.807) is 18.2 Å². The molecule has 0 bridgehead atoms. The minimum Gasteiger partial charge on any atom is -0.495 e. The van der Waals surface area contributed by atoms with E-state index in [0.717, 1.165) is 5.56 Å². The van der Waals surface area contributed by atoms with Gasteiger partial charge in [0.2, 0.25) is 15.9 Å². The molecule has 1 fully saturated rings. The second-order valence-corrected chi connectivity index (χ2v) is 6.50. The maximum atomic E-state index is 12.4. The van der Waals surface area contributed by atoms with E-state index in [0.29, 0.717) is 25.1 Å². The van der Waals surface area contributed by atoms with E-state index in [9.17, 15) is 13.2 Å². The van der Waals surface area contributed by atoms with E-state index in [1.165, 1.54) is 7.11 Å². The van der Waals surface area contributed by atoms with Crippen molar-refractivity contribution in [3.8, 4) is 5.75 Å². The molecular formula is C13H18N2O4S. The number of ether oxygens (including phenoxy) is 1. The van der Waals surface area contributed by atoms with Gasteiger partial charge in [0.05, 0.1) is 7.11 Å². The molecule has 7 heteroatoms. The third-order valence-electron chi connectivity index (χ3n) is 3.20. The number of benzene rings is 1. The van der Waals surface area contributed by atoms with Gasteiger partial charge in [-0.3, -0.25) is 4.79 Å². The first-order valence-electron chi connectivity index (χ1n) is 6.36. The van der Waals surface area contributed by atoms with Crippen LogP contribution in [0.25, 0.3) is 0 Å². The van der Waals surface area contributed by atoms with E-state index in [2.05, 4.69) is 10.0 Å². The van der Waals surface area contributed by atoms with E-state index >= 15 is 0 Å². The zero-order chi connectivity index (χ0) is 14.8. The molecule has 0 aliphatic carbocycles. The molecule has 1 heterocycles. The highest BCUT2D eigenvalue weighted by molar-refractivity contribution is 7.89. The summed E-state index contributed by atoms with van der Waals surface area (Å²) in [6.45, 7) is 2.13. The van der Waals surface area contributed by atoms with Crippen molar-refractivity contribution < 1.29 is 17.9 Å². The molecule has 20 heavy (non-hydrogen) atoms. The Balaban J connectivity index is 2.22. The fraction of sp³-hybridized carbons (Fsp3) is 0.462. The van der Waals surface area contributed by atoms with Crippen molar-refractivity contribution in [1.82, 2.24) is 10.0 Å². The first-order chi connectivity index (χ1) is 9.42. The van der Waals surface area contributed by atoms with Crippen LogP contribution < -0.4 is 14.8 Å². The monoisotopic (exact) mass is 298 g/mol. The van der Waals surface area contributed by atoms with Crippen LogP contribution in [0.5, 0.6) is 5.75 Å². The summed E-state index contributed by atoms with van der Waals surface area (Å²) in [5.41, 5.74) is 0.836. The average molecular weight is 298 g/mol. The Morgan fingerprint density at radius 2 is 2.15 bits per heavy atom. The van der Waals surface area contributed by atoms with Crippen LogP contribution in [-0.2, 0) is 14.8 Å². The second-order valence-electron chi connectivity index (χ2n) is 4.82. The number of hydrogen-bond donors (Lipinski definition) is 2. The number of piperidine rings is 1. The molecule has 2 N–H and O–H groups in total. The fourth-order valence-corrected chi connectivity index (χ4v) is 3.63. The highest BCUT2D eigenvalue weighted by Crippen LogP contribution is 2.25. The predicted molar refractivity (Wildman–Crippen MR) is 74.1 cm³/mol. The number of hydrogen-bond acceptors (Lipinski definition) is 4. The van der Waals surface area contributed by atoms with E-state index < -0.39 is 10.0 Å². The molecule has 110 valence electrons. The van der Waals surface area contributed by atoms with Crippen molar-refractivity contribution in [2.24, 2.45) is 0 Å². The number of aryl methyl sites for hydroxylation is 1. The van der Waals surface area contributed by atoms with Crippen molar-refractivity contribution in [2.45, 2.75) is 30.7 Å². The standard InChI is InChI=1S/C13H18N2O4S/c1-9-3-5-11(19-2)12(7-9)20(17,18)15-10-4-6-13(16)14-8-10/h3,5,7,10,15H,4,6,8H2,1-2H3,(H,14,16). The van der Waals surface area contributed by atoms with E-state index in [-0.39, 0.29) is 16.8 Å². The molecule has 6 nitrogen and oxygen atoms in total. The van der Waals surface area contributed by atoms with Crippen LogP contribution in [0.2, 0.25) is 0 Å². The Morgan fingerprint density at radius 1 is 1.40 bits per heavy atom. The van der Waals surface area contributed by atoms with Gasteiger partial charge in [-0.05, 0) is 31.0 Å². The Kier molecular flexibility index (Phi) is 4.29. The lowest BCUT2D eigenvalue weighted by atomic mass is 10.1. The number of amides is 1. The third kappa shape index (κ3) is 3.29. The Labute approximate surface area is 118 Å². The lowest BCUT2D eigenvalue weighted by molar-refractivity contribution is -0.122. The van der Waals surface area contributed by atoms with Crippen LogP contribution >= 0.6 is 0 Å². The Bertz CT molecular complexity index is 603. The molecule has 1 unspecified atom stereocenters. The summed E-state index contributed by atoms with van der Waals surface area (Å²) in [7, 11) is -2.23. The summed E-state index contributed by atoms with van der Waals surface area (Å²) in [6, 6.07) is 4.70. The number of rotatable bonds is 4. The number of sulfonamides is 1. The molecule has 0 radical (unpaired) electrons. The van der Waals surface area contributed by atoms with Crippen LogP contribution in [0.4, 0.5) is 0 Å². The second kappa shape index (κ2) is 5.80. The van der Waals surface area contributed by atoms with Crippen molar-refractivity contribution in [3.05, 3.63) is 23.8 Å². The van der Waals surface area contributed by atoms with Crippen LogP contribution in [0, 0.1) is 6.92 Å². The molecular weight excluding hydrogens is 280 g/mol. The SMILES string of the molecule is COc1ccc(C)cc1S(=O)(=O)NC1CCC(=O)NC1. The van der Waals surface area contributed by atoms with Gasteiger partial charge < -0.3 is 10.1 Å². The lowest BCUT2D eigenvalue weighted by Crippen LogP contribution is -2.47. The van der Waals surface area contributed by atoms with Crippen LogP contribution in [-0.4, -0.2) is 34.0 Å². The highest BCUT2D eigenvalue weighted by atomic mass is 32.2. The fourth-order valence-electron chi connectivity index (χ4n) is 2.11. The molecule has 1 aliphatic rings. The Morgan fingerprint density at radius 3 is 2.75 bits per heavy atom. The van der Waals surface area contributed by atoms with Crippen molar-refractivity contribution >= 4 is 15.9 Å². The summed E-state index contributed by atoms with van der Waals surface area (Å²) in [5, 5.41) is 2.65. The number of carbonyl (C=O) groups is 1. The molecule has 1 atom stereocenters. The van der Waals surface area contributed by atoms with Crippen LogP contribution in [0.1, 0.15) is 18.4 Å². The van der Waals surface area contributed by atoms with E-state index in [1.807, 2.05) is 6.92 Å². The smallest absolute Gasteiger partial charge is 0.244 e. The minimum absolute atomic E-state index is 0.0476. The molecule has 1 saturated heterocycles. The highest BCUT2D eigenvalue weighted by Gasteiger charge is 2.26. The van der Waals surface area contributed by atoms with Gasteiger partial charge in [0.15, 0.2) is 0 Å². The number of methoxy groups -OCH3 is 1. The topological polar surface area (TPSA) is 84.5 Å². The van der Waals surface area contributed by atoms with Gasteiger partial charge in [-0.25, -0.2) is 13.1 Å². The van der Waals surface area contributed by atoms with Crippen molar-refractivity contribution in [1.29, 1.82) is 0 Å². The van der Waals surface area contributed by atoms with Gasteiger partial charge in [-0.2, -0.15) is 0 Å². The number of carbonyl (C=O) groups excluding carboxylic acids is 1. The normalized spacial score (nSPS) is 19.5. The predicted octanol–water partition coefficient (Wildman–Crippen LogP) is 0.561. The summed E-state index contributed by atoms with van der Waals surface area (Å²) in [4.78, 5) is 11.2. The molecule has 2 rings (SSSR count). The van der Waals surface area contributed by atoms with Gasteiger partial charge in [0, 0.05) is 19.0 Å². The largest absolute Gasteiger partial charge is 0.495 e. The summed E-state index contributed by atoms with van der Waals surface area (Å²) in [6.07, 6.45) is 0.831. The molecule has 0 aromatic heterocycles. The van der Waals surface area contributed by atoms with Crippen molar-refractivity contribution in [3.63, 3.8) is 0 Å². The summed E-state index contributed by atoms with van der Waals surface area (Å²) >= 11 is 0.